The van der Waals surface area contributed by atoms with E-state index in [0.717, 1.165) is 37.7 Å². The van der Waals surface area contributed by atoms with Crippen molar-refractivity contribution >= 4 is 17.7 Å². The average molecular weight is 214 g/mol. The van der Waals surface area contributed by atoms with Crippen molar-refractivity contribution in [2.24, 2.45) is 11.8 Å². The fraction of sp³-hybridized carbons (Fsp3) is 0.900. The highest BCUT2D eigenvalue weighted by molar-refractivity contribution is 7.99. The van der Waals surface area contributed by atoms with E-state index in [9.17, 15) is 4.79 Å². The summed E-state index contributed by atoms with van der Waals surface area (Å²) in [6.45, 7) is 5.95. The molecule has 0 bridgehead atoms. The average Bonchev–Trinajstić information content (AvgIpc) is 2.65. The first-order chi connectivity index (χ1) is 6.79. The lowest BCUT2D eigenvalue weighted by Gasteiger charge is -2.29. The summed E-state index contributed by atoms with van der Waals surface area (Å²) in [7, 11) is 0. The molecule has 2 aliphatic rings. The second kappa shape index (κ2) is 4.53. The molecule has 14 heavy (non-hydrogen) atoms. The standard InChI is InChI=1S/C10H18N2OS/c1-8-6-11-7-9(8)10(13)12-2-4-14-5-3-12/h8-9,11H,2-7H2,1H3/t8-,9-/m1/s1. The molecule has 80 valence electrons. The van der Waals surface area contributed by atoms with Gasteiger partial charge in [0.1, 0.15) is 0 Å². The van der Waals surface area contributed by atoms with Crippen LogP contribution in [0.3, 0.4) is 0 Å². The van der Waals surface area contributed by atoms with Crippen molar-refractivity contribution in [2.45, 2.75) is 6.92 Å². The molecule has 2 heterocycles. The molecule has 1 amide bonds. The number of nitrogens with zero attached hydrogens (tertiary/aromatic N) is 1. The lowest BCUT2D eigenvalue weighted by molar-refractivity contribution is -0.135. The normalized spacial score (nSPS) is 33.4. The third-order valence-corrected chi connectivity index (χ3v) is 4.10. The quantitative estimate of drug-likeness (QED) is 0.686. The van der Waals surface area contributed by atoms with E-state index in [-0.39, 0.29) is 5.92 Å². The number of carbonyl (C=O) groups is 1. The number of nitrogens with one attached hydrogen (secondary N) is 1. The summed E-state index contributed by atoms with van der Waals surface area (Å²) in [5.41, 5.74) is 0. The minimum absolute atomic E-state index is 0.234. The van der Waals surface area contributed by atoms with Gasteiger partial charge < -0.3 is 10.2 Å². The van der Waals surface area contributed by atoms with Crippen LogP contribution in [0.5, 0.6) is 0 Å². The molecule has 0 spiro atoms. The largest absolute Gasteiger partial charge is 0.341 e. The first-order valence-corrected chi connectivity index (χ1v) is 6.52. The van der Waals surface area contributed by atoms with Gasteiger partial charge in [-0.05, 0) is 12.5 Å². The predicted octanol–water partition coefficient (Wildman–Crippen LogP) is 0.417. The highest BCUT2D eigenvalue weighted by Crippen LogP contribution is 2.20. The van der Waals surface area contributed by atoms with Crippen LogP contribution in [0.2, 0.25) is 0 Å². The van der Waals surface area contributed by atoms with Crippen LogP contribution in [0.1, 0.15) is 6.92 Å². The van der Waals surface area contributed by atoms with E-state index >= 15 is 0 Å². The molecule has 2 rings (SSSR count). The van der Waals surface area contributed by atoms with Crippen LogP contribution in [0.25, 0.3) is 0 Å². The zero-order valence-electron chi connectivity index (χ0n) is 8.66. The van der Waals surface area contributed by atoms with Crippen LogP contribution < -0.4 is 5.32 Å². The Hall–Kier alpha value is -0.220. The van der Waals surface area contributed by atoms with E-state index < -0.39 is 0 Å². The third-order valence-electron chi connectivity index (χ3n) is 3.16. The maximum absolute atomic E-state index is 12.1. The molecular weight excluding hydrogens is 196 g/mol. The van der Waals surface area contributed by atoms with E-state index in [4.69, 9.17) is 0 Å². The topological polar surface area (TPSA) is 32.3 Å². The van der Waals surface area contributed by atoms with E-state index in [1.54, 1.807) is 0 Å². The van der Waals surface area contributed by atoms with Gasteiger partial charge in [-0.1, -0.05) is 6.92 Å². The van der Waals surface area contributed by atoms with E-state index in [1.807, 2.05) is 16.7 Å². The third kappa shape index (κ3) is 2.06. The number of amides is 1. The van der Waals surface area contributed by atoms with Gasteiger partial charge in [0.05, 0.1) is 5.92 Å². The monoisotopic (exact) mass is 214 g/mol. The molecule has 0 aliphatic carbocycles. The lowest BCUT2D eigenvalue weighted by Crippen LogP contribution is -2.43. The summed E-state index contributed by atoms with van der Waals surface area (Å²) in [5, 5.41) is 3.29. The zero-order valence-corrected chi connectivity index (χ0v) is 9.48. The van der Waals surface area contributed by atoms with Crippen LogP contribution in [-0.4, -0.2) is 48.5 Å². The Labute approximate surface area is 89.6 Å². The number of rotatable bonds is 1. The summed E-state index contributed by atoms with van der Waals surface area (Å²) in [5.74, 6) is 3.35. The predicted molar refractivity (Wildman–Crippen MR) is 59.4 cm³/mol. The molecular formula is C10H18N2OS. The van der Waals surface area contributed by atoms with Crippen LogP contribution in [0.15, 0.2) is 0 Å². The highest BCUT2D eigenvalue weighted by Gasteiger charge is 2.32. The van der Waals surface area contributed by atoms with Gasteiger partial charge in [0.2, 0.25) is 5.91 Å². The summed E-state index contributed by atoms with van der Waals surface area (Å²) in [6, 6.07) is 0. The number of hydrogen-bond acceptors (Lipinski definition) is 3. The first kappa shape index (κ1) is 10.3. The van der Waals surface area contributed by atoms with Gasteiger partial charge in [-0.25, -0.2) is 0 Å². The first-order valence-electron chi connectivity index (χ1n) is 5.36. The van der Waals surface area contributed by atoms with Crippen molar-refractivity contribution in [1.82, 2.24) is 10.2 Å². The molecule has 3 nitrogen and oxygen atoms in total. The van der Waals surface area contributed by atoms with Crippen molar-refractivity contribution in [1.29, 1.82) is 0 Å². The highest BCUT2D eigenvalue weighted by atomic mass is 32.2. The SMILES string of the molecule is C[C@@H]1CNC[C@H]1C(=O)N1CCSCC1. The van der Waals surface area contributed by atoms with Crippen LogP contribution in [0.4, 0.5) is 0 Å². The Morgan fingerprint density at radius 3 is 2.64 bits per heavy atom. The Bertz CT molecular complexity index is 216. The molecule has 0 aromatic heterocycles. The van der Waals surface area contributed by atoms with Gasteiger partial charge in [-0.3, -0.25) is 4.79 Å². The molecule has 2 aliphatic heterocycles. The molecule has 0 radical (unpaired) electrons. The molecule has 1 N–H and O–H groups in total. The summed E-state index contributed by atoms with van der Waals surface area (Å²) in [6.07, 6.45) is 0. The lowest BCUT2D eigenvalue weighted by atomic mass is 9.96. The molecule has 2 fully saturated rings. The number of carbonyl (C=O) groups excluding carboxylic acids is 1. The Morgan fingerprint density at radius 1 is 1.36 bits per heavy atom. The van der Waals surface area contributed by atoms with Crippen molar-refractivity contribution in [3.8, 4) is 0 Å². The van der Waals surface area contributed by atoms with Crippen molar-refractivity contribution in [3.05, 3.63) is 0 Å². The van der Waals surface area contributed by atoms with Gasteiger partial charge in [-0.2, -0.15) is 11.8 Å². The Morgan fingerprint density at radius 2 is 2.07 bits per heavy atom. The zero-order chi connectivity index (χ0) is 9.97. The Kier molecular flexibility index (Phi) is 3.34. The molecule has 2 saturated heterocycles. The maximum atomic E-state index is 12.1. The molecule has 0 unspecified atom stereocenters. The smallest absolute Gasteiger partial charge is 0.227 e. The van der Waals surface area contributed by atoms with Gasteiger partial charge in [0.15, 0.2) is 0 Å². The summed E-state index contributed by atoms with van der Waals surface area (Å²) >= 11 is 1.95. The van der Waals surface area contributed by atoms with Crippen molar-refractivity contribution in [3.63, 3.8) is 0 Å². The van der Waals surface area contributed by atoms with E-state index in [2.05, 4.69) is 12.2 Å². The van der Waals surface area contributed by atoms with Crippen LogP contribution >= 0.6 is 11.8 Å². The van der Waals surface area contributed by atoms with Gasteiger partial charge in [0, 0.05) is 31.1 Å². The van der Waals surface area contributed by atoms with Gasteiger partial charge in [-0.15, -0.1) is 0 Å². The number of thioether (sulfide) groups is 1. The van der Waals surface area contributed by atoms with E-state index in [0.29, 0.717) is 11.8 Å². The van der Waals surface area contributed by atoms with Gasteiger partial charge >= 0.3 is 0 Å². The molecule has 0 aromatic carbocycles. The minimum atomic E-state index is 0.234. The van der Waals surface area contributed by atoms with Crippen molar-refractivity contribution in [2.75, 3.05) is 37.7 Å². The number of hydrogen-bond donors (Lipinski definition) is 1. The van der Waals surface area contributed by atoms with Crippen molar-refractivity contribution < 1.29 is 4.79 Å². The van der Waals surface area contributed by atoms with E-state index in [1.165, 1.54) is 0 Å². The second-order valence-corrected chi connectivity index (χ2v) is 5.40. The van der Waals surface area contributed by atoms with Crippen LogP contribution in [0, 0.1) is 11.8 Å². The fourth-order valence-corrected chi connectivity index (χ4v) is 3.06. The molecule has 4 heteroatoms. The minimum Gasteiger partial charge on any atom is -0.341 e. The second-order valence-electron chi connectivity index (χ2n) is 4.18. The van der Waals surface area contributed by atoms with Gasteiger partial charge in [0.25, 0.3) is 0 Å². The molecule has 0 aromatic rings. The van der Waals surface area contributed by atoms with Crippen LogP contribution in [-0.2, 0) is 4.79 Å². The fourth-order valence-electron chi connectivity index (χ4n) is 2.16. The Balaban J connectivity index is 1.92. The maximum Gasteiger partial charge on any atom is 0.227 e. The summed E-state index contributed by atoms with van der Waals surface area (Å²) in [4.78, 5) is 14.1. The summed E-state index contributed by atoms with van der Waals surface area (Å²) < 4.78 is 0. The molecule has 2 atom stereocenters. The molecule has 0 saturated carbocycles.